The van der Waals surface area contributed by atoms with Gasteiger partial charge < -0.3 is 20.7 Å². The van der Waals surface area contributed by atoms with Gasteiger partial charge in [0.1, 0.15) is 11.6 Å². The molecule has 0 unspecified atom stereocenters. The second-order valence-corrected chi connectivity index (χ2v) is 6.29. The first-order valence-corrected chi connectivity index (χ1v) is 8.24. The first kappa shape index (κ1) is 18.9. The van der Waals surface area contributed by atoms with E-state index in [1.54, 1.807) is 0 Å². The molecular weight excluding hydrogens is 443 g/mol. The Bertz CT molecular complexity index is 892. The third kappa shape index (κ3) is 5.26. The molecule has 0 bridgehead atoms. The number of rotatable bonds is 6. The molecule has 9 nitrogen and oxygen atoms in total. The minimum atomic E-state index is -1.23. The molecule has 1 atom stereocenters. The molecule has 5 N–H and O–H groups in total. The van der Waals surface area contributed by atoms with Crippen LogP contribution in [0.15, 0.2) is 40.1 Å². The normalized spacial score (nSPS) is 11.6. The van der Waals surface area contributed by atoms with Crippen LogP contribution in [0.5, 0.6) is 0 Å². The molecule has 0 aliphatic carbocycles. The van der Waals surface area contributed by atoms with Crippen LogP contribution in [0, 0.1) is 3.57 Å². The summed E-state index contributed by atoms with van der Waals surface area (Å²) < 4.78 is 1.01. The quantitative estimate of drug-likeness (QED) is 0.356. The Labute approximate surface area is 155 Å². The molecule has 0 aliphatic rings. The summed E-state index contributed by atoms with van der Waals surface area (Å²) in [6.07, 6.45) is 0.939. The van der Waals surface area contributed by atoms with Crippen molar-refractivity contribution in [1.29, 1.82) is 0 Å². The van der Waals surface area contributed by atoms with Crippen molar-refractivity contribution in [3.05, 3.63) is 66.0 Å². The van der Waals surface area contributed by atoms with Gasteiger partial charge in [0.25, 0.3) is 11.5 Å². The molecule has 0 saturated carbocycles. The number of H-pyrrole nitrogens is 2. The van der Waals surface area contributed by atoms with Gasteiger partial charge in [-0.25, -0.2) is 4.79 Å². The summed E-state index contributed by atoms with van der Waals surface area (Å²) >= 11 is 2.14. The van der Waals surface area contributed by atoms with Crippen molar-refractivity contribution < 1.29 is 14.7 Å². The lowest BCUT2D eigenvalue weighted by atomic mass is 10.2. The average molecular weight is 458 g/mol. The van der Waals surface area contributed by atoms with Crippen LogP contribution in [-0.4, -0.2) is 39.5 Å². The molecule has 1 aromatic carbocycles. The van der Waals surface area contributed by atoms with Crippen molar-refractivity contribution in [1.82, 2.24) is 20.6 Å². The van der Waals surface area contributed by atoms with E-state index in [0.29, 0.717) is 0 Å². The van der Waals surface area contributed by atoms with Crippen LogP contribution < -0.4 is 21.9 Å². The minimum absolute atomic E-state index is 0.223. The number of benzene rings is 1. The monoisotopic (exact) mass is 458 g/mol. The molecule has 0 spiro atoms. The van der Waals surface area contributed by atoms with Crippen LogP contribution in [0.1, 0.15) is 15.9 Å². The average Bonchev–Trinajstić information content (AvgIpc) is 2.57. The number of carbonyl (C=O) groups excluding carboxylic acids is 2. The fraction of sp³-hybridized carbons (Fsp3) is 0.200. The molecule has 1 heterocycles. The van der Waals surface area contributed by atoms with Crippen molar-refractivity contribution in [2.75, 3.05) is 6.61 Å². The number of hydrogen-bond acceptors (Lipinski definition) is 5. The van der Waals surface area contributed by atoms with E-state index in [1.165, 1.54) is 0 Å². The van der Waals surface area contributed by atoms with Crippen LogP contribution in [0.3, 0.4) is 0 Å². The standard InChI is InChI=1S/C15H15IN4O5/c16-9-3-1-2-8(4-9)5-17-14(24)11(7-21)19-12(22)10-6-18-15(25)20-13(10)23/h1-4,6,11,21H,5,7H2,(H,17,24)(H,19,22)(H2,18,20,23,25)/t11-/m0/s1. The molecule has 2 rings (SSSR count). The van der Waals surface area contributed by atoms with E-state index in [0.717, 1.165) is 15.3 Å². The molecule has 25 heavy (non-hydrogen) atoms. The van der Waals surface area contributed by atoms with E-state index in [2.05, 4.69) is 38.2 Å². The maximum atomic E-state index is 12.1. The van der Waals surface area contributed by atoms with Crippen molar-refractivity contribution in [2.24, 2.45) is 0 Å². The van der Waals surface area contributed by atoms with Gasteiger partial charge in [0, 0.05) is 16.3 Å². The lowest BCUT2D eigenvalue weighted by Gasteiger charge is -2.16. The number of carbonyl (C=O) groups is 2. The predicted molar refractivity (Wildman–Crippen MR) is 97.0 cm³/mol. The Morgan fingerprint density at radius 3 is 2.68 bits per heavy atom. The third-order valence-corrected chi connectivity index (χ3v) is 3.90. The minimum Gasteiger partial charge on any atom is -0.394 e. The van der Waals surface area contributed by atoms with Gasteiger partial charge in [0.15, 0.2) is 0 Å². The number of halogens is 1. The van der Waals surface area contributed by atoms with E-state index < -0.39 is 35.7 Å². The second-order valence-electron chi connectivity index (χ2n) is 5.04. The lowest BCUT2D eigenvalue weighted by Crippen LogP contribution is -2.49. The molecule has 0 radical (unpaired) electrons. The van der Waals surface area contributed by atoms with Gasteiger partial charge in [-0.05, 0) is 40.3 Å². The number of aromatic nitrogens is 2. The van der Waals surface area contributed by atoms with Crippen molar-refractivity contribution in [3.63, 3.8) is 0 Å². The first-order valence-electron chi connectivity index (χ1n) is 7.16. The Morgan fingerprint density at radius 2 is 2.04 bits per heavy atom. The largest absolute Gasteiger partial charge is 0.394 e. The lowest BCUT2D eigenvalue weighted by molar-refractivity contribution is -0.124. The Kier molecular flexibility index (Phi) is 6.47. The van der Waals surface area contributed by atoms with Gasteiger partial charge >= 0.3 is 5.69 Å². The summed E-state index contributed by atoms with van der Waals surface area (Å²) in [5.41, 5.74) is -1.16. The van der Waals surface area contributed by atoms with Crippen molar-refractivity contribution >= 4 is 34.4 Å². The molecule has 1 aromatic heterocycles. The molecule has 132 valence electrons. The number of aliphatic hydroxyl groups excluding tert-OH is 1. The highest BCUT2D eigenvalue weighted by Crippen LogP contribution is 2.07. The highest BCUT2D eigenvalue weighted by atomic mass is 127. The SMILES string of the molecule is O=C(N[C@@H](CO)C(=O)NCc1cccc(I)c1)c1c[nH]c(=O)[nH]c1=O. The molecule has 0 fully saturated rings. The van der Waals surface area contributed by atoms with Gasteiger partial charge in [-0.3, -0.25) is 19.4 Å². The zero-order valence-electron chi connectivity index (χ0n) is 12.8. The molecule has 0 aliphatic heterocycles. The summed E-state index contributed by atoms with van der Waals surface area (Å²) in [7, 11) is 0. The highest BCUT2D eigenvalue weighted by molar-refractivity contribution is 14.1. The topological polar surface area (TPSA) is 144 Å². The smallest absolute Gasteiger partial charge is 0.325 e. The van der Waals surface area contributed by atoms with Gasteiger partial charge in [-0.1, -0.05) is 12.1 Å². The fourth-order valence-electron chi connectivity index (χ4n) is 1.97. The zero-order valence-corrected chi connectivity index (χ0v) is 15.0. The number of aliphatic hydroxyl groups is 1. The first-order chi connectivity index (χ1) is 11.9. The van der Waals surface area contributed by atoms with E-state index in [1.807, 2.05) is 29.2 Å². The van der Waals surface area contributed by atoms with Crippen LogP contribution in [0.2, 0.25) is 0 Å². The Hall–Kier alpha value is -2.47. The van der Waals surface area contributed by atoms with Gasteiger partial charge in [-0.2, -0.15) is 0 Å². The predicted octanol–water partition coefficient (Wildman–Crippen LogP) is -0.925. The fourth-order valence-corrected chi connectivity index (χ4v) is 2.58. The maximum absolute atomic E-state index is 12.1. The van der Waals surface area contributed by atoms with Crippen LogP contribution in [-0.2, 0) is 11.3 Å². The van der Waals surface area contributed by atoms with Gasteiger partial charge in [0.05, 0.1) is 6.61 Å². The highest BCUT2D eigenvalue weighted by Gasteiger charge is 2.22. The van der Waals surface area contributed by atoms with Crippen LogP contribution in [0.25, 0.3) is 0 Å². The summed E-state index contributed by atoms with van der Waals surface area (Å²) in [4.78, 5) is 50.7. The number of nitrogens with one attached hydrogen (secondary N) is 4. The molecule has 0 saturated heterocycles. The second kappa shape index (κ2) is 8.58. The van der Waals surface area contributed by atoms with E-state index in [9.17, 15) is 24.3 Å². The summed E-state index contributed by atoms with van der Waals surface area (Å²) in [6, 6.07) is 6.23. The maximum Gasteiger partial charge on any atom is 0.325 e. The van der Waals surface area contributed by atoms with E-state index >= 15 is 0 Å². The van der Waals surface area contributed by atoms with Crippen molar-refractivity contribution in [2.45, 2.75) is 12.6 Å². The van der Waals surface area contributed by atoms with Crippen molar-refractivity contribution in [3.8, 4) is 0 Å². The Morgan fingerprint density at radius 1 is 1.28 bits per heavy atom. The number of amides is 2. The molecular formula is C15H15IN4O5. The number of hydrogen-bond donors (Lipinski definition) is 5. The van der Waals surface area contributed by atoms with E-state index in [-0.39, 0.29) is 12.1 Å². The van der Waals surface area contributed by atoms with Crippen LogP contribution in [0.4, 0.5) is 0 Å². The Balaban J connectivity index is 2.00. The van der Waals surface area contributed by atoms with E-state index in [4.69, 9.17) is 0 Å². The summed E-state index contributed by atoms with van der Waals surface area (Å²) in [5, 5.41) is 14.2. The van der Waals surface area contributed by atoms with Gasteiger partial charge in [-0.15, -0.1) is 0 Å². The molecule has 2 amide bonds. The van der Waals surface area contributed by atoms with Gasteiger partial charge in [0.2, 0.25) is 5.91 Å². The third-order valence-electron chi connectivity index (χ3n) is 3.22. The number of aromatic amines is 2. The molecule has 2 aromatic rings. The zero-order chi connectivity index (χ0) is 18.4. The molecule has 10 heteroatoms. The summed E-state index contributed by atoms with van der Waals surface area (Å²) in [6.45, 7) is -0.424. The van der Waals surface area contributed by atoms with Crippen LogP contribution >= 0.6 is 22.6 Å². The summed E-state index contributed by atoms with van der Waals surface area (Å²) in [5.74, 6) is -1.49.